The van der Waals surface area contributed by atoms with Gasteiger partial charge in [0, 0.05) is 44.3 Å². The Labute approximate surface area is 160 Å². The predicted molar refractivity (Wildman–Crippen MR) is 107 cm³/mol. The smallest absolute Gasteiger partial charge is 0.211 e. The van der Waals surface area contributed by atoms with Crippen LogP contribution < -0.4 is 0 Å². The summed E-state index contributed by atoms with van der Waals surface area (Å²) in [7, 11) is -3.10. The van der Waals surface area contributed by atoms with Gasteiger partial charge >= 0.3 is 0 Å². The van der Waals surface area contributed by atoms with Crippen molar-refractivity contribution in [3.05, 3.63) is 47.0 Å². The van der Waals surface area contributed by atoms with E-state index in [1.807, 2.05) is 21.5 Å². The lowest BCUT2D eigenvalue weighted by atomic mass is 10.0. The van der Waals surface area contributed by atoms with Gasteiger partial charge in [-0.2, -0.15) is 4.31 Å². The van der Waals surface area contributed by atoms with Crippen molar-refractivity contribution in [2.45, 2.75) is 26.4 Å². The van der Waals surface area contributed by atoms with E-state index in [9.17, 15) is 8.42 Å². The Morgan fingerprint density at radius 3 is 2.19 bits per heavy atom. The van der Waals surface area contributed by atoms with Crippen LogP contribution >= 0.6 is 12.2 Å². The molecule has 0 saturated carbocycles. The molecule has 0 N–H and O–H groups in total. The topological polar surface area (TPSA) is 50.5 Å². The maximum absolute atomic E-state index is 11.6. The third kappa shape index (κ3) is 4.25. The molecule has 1 aliphatic heterocycles. The summed E-state index contributed by atoms with van der Waals surface area (Å²) in [5, 5.41) is 0. The highest BCUT2D eigenvalue weighted by Gasteiger charge is 2.23. The molecule has 26 heavy (non-hydrogen) atoms. The molecule has 8 heteroatoms. The fourth-order valence-electron chi connectivity index (χ4n) is 3.16. The zero-order valence-electron chi connectivity index (χ0n) is 15.5. The molecular weight excluding hydrogens is 368 g/mol. The third-order valence-electron chi connectivity index (χ3n) is 4.84. The fourth-order valence-corrected chi connectivity index (χ4v) is 4.27. The Hall–Kier alpha value is -1.48. The molecule has 0 atom stereocenters. The van der Waals surface area contributed by atoms with Gasteiger partial charge in [-0.25, -0.2) is 8.42 Å². The highest BCUT2D eigenvalue weighted by Crippen LogP contribution is 2.18. The van der Waals surface area contributed by atoms with Crippen LogP contribution in [0.15, 0.2) is 36.7 Å². The van der Waals surface area contributed by atoms with Crippen molar-refractivity contribution in [3.8, 4) is 5.69 Å². The van der Waals surface area contributed by atoms with E-state index in [1.165, 1.54) is 16.1 Å². The first-order valence-corrected chi connectivity index (χ1v) is 11.1. The van der Waals surface area contributed by atoms with E-state index in [0.717, 1.165) is 10.5 Å². The van der Waals surface area contributed by atoms with E-state index in [4.69, 9.17) is 12.2 Å². The van der Waals surface area contributed by atoms with Gasteiger partial charge in [0.25, 0.3) is 0 Å². The van der Waals surface area contributed by atoms with Crippen molar-refractivity contribution in [3.63, 3.8) is 0 Å². The van der Waals surface area contributed by atoms with Crippen LogP contribution in [0.25, 0.3) is 5.69 Å². The summed E-state index contributed by atoms with van der Waals surface area (Å²) in [6.07, 6.45) is 5.24. The summed E-state index contributed by atoms with van der Waals surface area (Å²) >= 11 is 5.64. The molecule has 1 aromatic heterocycles. The Kier molecular flexibility index (Phi) is 5.67. The molecule has 0 aliphatic carbocycles. The lowest BCUT2D eigenvalue weighted by molar-refractivity contribution is 0.152. The highest BCUT2D eigenvalue weighted by molar-refractivity contribution is 7.88. The average molecular weight is 395 g/mol. The van der Waals surface area contributed by atoms with Gasteiger partial charge in [-0.15, -0.1) is 0 Å². The largest absolute Gasteiger partial charge is 0.310 e. The summed E-state index contributed by atoms with van der Waals surface area (Å²) in [5.74, 6) is 0.507. The normalized spacial score (nSPS) is 17.1. The number of sulfonamides is 1. The first kappa shape index (κ1) is 19.3. The van der Waals surface area contributed by atoms with Gasteiger partial charge in [0.05, 0.1) is 12.9 Å². The summed E-state index contributed by atoms with van der Waals surface area (Å²) in [5.41, 5.74) is 2.36. The van der Waals surface area contributed by atoms with Gasteiger partial charge < -0.3 is 4.57 Å². The van der Waals surface area contributed by atoms with Gasteiger partial charge in [-0.1, -0.05) is 26.0 Å². The van der Waals surface area contributed by atoms with Crippen LogP contribution in [-0.4, -0.2) is 59.2 Å². The second kappa shape index (κ2) is 7.64. The number of hydrogen-bond donors (Lipinski definition) is 0. The van der Waals surface area contributed by atoms with Crippen LogP contribution in [0, 0.1) is 4.77 Å². The van der Waals surface area contributed by atoms with Crippen LogP contribution in [0.2, 0.25) is 0 Å². The zero-order valence-corrected chi connectivity index (χ0v) is 17.1. The minimum atomic E-state index is -3.10. The molecule has 2 heterocycles. The van der Waals surface area contributed by atoms with Crippen LogP contribution in [0.4, 0.5) is 0 Å². The standard InChI is InChI=1S/C18H26N4O2S2/c1-15(2)16-4-6-17(7-5-16)22-13-10-20(18(22)25)14-19-8-11-21(12-9-19)26(3,23)24/h4-7,10,13,15H,8-9,11-12,14H2,1-3H3. The van der Waals surface area contributed by atoms with Gasteiger partial charge in [0.1, 0.15) is 0 Å². The second-order valence-electron chi connectivity index (χ2n) is 7.09. The third-order valence-corrected chi connectivity index (χ3v) is 6.57. The molecule has 142 valence electrons. The van der Waals surface area contributed by atoms with Gasteiger partial charge in [0.2, 0.25) is 10.0 Å². The Bertz CT molecular complexity index is 905. The molecule has 0 spiro atoms. The van der Waals surface area contributed by atoms with E-state index in [-0.39, 0.29) is 0 Å². The van der Waals surface area contributed by atoms with E-state index in [0.29, 0.717) is 38.8 Å². The molecule has 0 amide bonds. The first-order chi connectivity index (χ1) is 12.3. The van der Waals surface area contributed by atoms with Gasteiger partial charge in [0.15, 0.2) is 4.77 Å². The van der Waals surface area contributed by atoms with Crippen molar-refractivity contribution in [1.29, 1.82) is 0 Å². The van der Waals surface area contributed by atoms with E-state index in [2.05, 4.69) is 43.0 Å². The van der Waals surface area contributed by atoms with Crippen molar-refractivity contribution in [1.82, 2.24) is 18.3 Å². The molecule has 0 bridgehead atoms. The summed E-state index contributed by atoms with van der Waals surface area (Å²) < 4.78 is 29.5. The van der Waals surface area contributed by atoms with Crippen molar-refractivity contribution in [2.24, 2.45) is 0 Å². The number of benzene rings is 1. The molecule has 6 nitrogen and oxygen atoms in total. The maximum Gasteiger partial charge on any atom is 0.211 e. The maximum atomic E-state index is 11.6. The van der Waals surface area contributed by atoms with Gasteiger partial charge in [-0.3, -0.25) is 9.47 Å². The van der Waals surface area contributed by atoms with Crippen LogP contribution in [0.5, 0.6) is 0 Å². The lowest BCUT2D eigenvalue weighted by Crippen LogP contribution is -2.48. The molecule has 1 aromatic carbocycles. The zero-order chi connectivity index (χ0) is 18.9. The number of hydrogen-bond acceptors (Lipinski definition) is 4. The minimum Gasteiger partial charge on any atom is -0.310 e. The van der Waals surface area contributed by atoms with E-state index in [1.54, 1.807) is 0 Å². The van der Waals surface area contributed by atoms with Crippen molar-refractivity contribution < 1.29 is 8.42 Å². The first-order valence-electron chi connectivity index (χ1n) is 8.81. The van der Waals surface area contributed by atoms with Crippen LogP contribution in [-0.2, 0) is 16.7 Å². The number of piperazine rings is 1. The van der Waals surface area contributed by atoms with Crippen LogP contribution in [0.3, 0.4) is 0 Å². The molecule has 1 saturated heterocycles. The number of rotatable bonds is 5. The van der Waals surface area contributed by atoms with Crippen molar-refractivity contribution in [2.75, 3.05) is 32.4 Å². The summed E-state index contributed by atoms with van der Waals surface area (Å²) in [6.45, 7) is 7.52. The summed E-state index contributed by atoms with van der Waals surface area (Å²) in [6, 6.07) is 8.48. The quantitative estimate of drug-likeness (QED) is 0.732. The van der Waals surface area contributed by atoms with E-state index >= 15 is 0 Å². The molecule has 0 unspecified atom stereocenters. The monoisotopic (exact) mass is 394 g/mol. The average Bonchev–Trinajstić information content (AvgIpc) is 2.95. The molecule has 1 fully saturated rings. The fraction of sp³-hybridized carbons (Fsp3) is 0.500. The Morgan fingerprint density at radius 2 is 1.65 bits per heavy atom. The number of aromatic nitrogens is 2. The second-order valence-corrected chi connectivity index (χ2v) is 9.44. The van der Waals surface area contributed by atoms with Gasteiger partial charge in [-0.05, 0) is 35.8 Å². The molecule has 1 aliphatic rings. The Balaban J connectivity index is 1.69. The Morgan fingerprint density at radius 1 is 1.04 bits per heavy atom. The highest BCUT2D eigenvalue weighted by atomic mass is 32.2. The number of nitrogens with zero attached hydrogens (tertiary/aromatic N) is 4. The SMILES string of the molecule is CC(C)c1ccc(-n2ccn(CN3CCN(S(C)(=O)=O)CC3)c2=S)cc1. The molecule has 0 radical (unpaired) electrons. The summed E-state index contributed by atoms with van der Waals surface area (Å²) in [4.78, 5) is 2.23. The van der Waals surface area contributed by atoms with Crippen LogP contribution in [0.1, 0.15) is 25.3 Å². The predicted octanol–water partition coefficient (Wildman–Crippen LogP) is 2.67. The number of imidazole rings is 1. The lowest BCUT2D eigenvalue weighted by Gasteiger charge is -2.33. The molecule has 3 rings (SSSR count). The minimum absolute atomic E-state index is 0.507. The van der Waals surface area contributed by atoms with E-state index < -0.39 is 10.0 Å². The molecule has 2 aromatic rings. The molecular formula is C18H26N4O2S2. The van der Waals surface area contributed by atoms with Crippen molar-refractivity contribution >= 4 is 22.2 Å².